The molecule has 266 valence electrons. The van der Waals surface area contributed by atoms with Gasteiger partial charge in [0.25, 0.3) is 0 Å². The first kappa shape index (κ1) is 31.6. The largest absolute Gasteiger partial charge is 0.455 e. The molecule has 8 aromatic carbocycles. The standard InChI is InChI=1S/C52H32N4O/c1-3-15-34(16-4-1)43-32-44(35-17-5-2-6-18-35)54-52(53-43)56-47-25-13-9-22-40(47)49-50(56)41(31-42-39-21-10-14-26-48(39)57-51(42)49)33-27-29-36(30-28-33)55-45-23-11-7-19-37(45)38-20-8-12-24-46(38)55/h1-32H. The number of rotatable bonds is 5. The Kier molecular flexibility index (Phi) is 6.86. The first-order valence-corrected chi connectivity index (χ1v) is 19.3. The number of hydrogen-bond acceptors (Lipinski definition) is 3. The highest BCUT2D eigenvalue weighted by Gasteiger charge is 2.25. The molecule has 0 unspecified atom stereocenters. The minimum absolute atomic E-state index is 0.597. The van der Waals surface area contributed by atoms with Gasteiger partial charge >= 0.3 is 0 Å². The summed E-state index contributed by atoms with van der Waals surface area (Å²) in [5.41, 5.74) is 13.1. The molecule has 0 saturated heterocycles. The monoisotopic (exact) mass is 728 g/mol. The van der Waals surface area contributed by atoms with E-state index in [-0.39, 0.29) is 0 Å². The highest BCUT2D eigenvalue weighted by atomic mass is 16.3. The summed E-state index contributed by atoms with van der Waals surface area (Å²) in [7, 11) is 0. The number of para-hydroxylation sites is 4. The number of fused-ring (bicyclic) bond motifs is 10. The molecule has 0 aliphatic heterocycles. The molecule has 5 nitrogen and oxygen atoms in total. The van der Waals surface area contributed by atoms with Gasteiger partial charge in [-0.25, -0.2) is 9.97 Å². The van der Waals surface area contributed by atoms with Gasteiger partial charge in [0, 0.05) is 49.3 Å². The van der Waals surface area contributed by atoms with Crippen molar-refractivity contribution < 1.29 is 4.42 Å². The van der Waals surface area contributed by atoms with E-state index in [1.54, 1.807) is 0 Å². The summed E-state index contributed by atoms with van der Waals surface area (Å²) < 4.78 is 11.4. The molecule has 4 heterocycles. The van der Waals surface area contributed by atoms with Crippen LogP contribution >= 0.6 is 0 Å². The Morgan fingerprint density at radius 2 is 0.895 bits per heavy atom. The molecule has 0 amide bonds. The van der Waals surface area contributed by atoms with Crippen LogP contribution in [-0.4, -0.2) is 19.1 Å². The van der Waals surface area contributed by atoms with Crippen molar-refractivity contribution in [3.05, 3.63) is 194 Å². The summed E-state index contributed by atoms with van der Waals surface area (Å²) in [5.74, 6) is 0.597. The fraction of sp³-hybridized carbons (Fsp3) is 0. The molecule has 5 heteroatoms. The van der Waals surface area contributed by atoms with E-state index >= 15 is 0 Å². The molecule has 0 N–H and O–H groups in total. The summed E-state index contributed by atoms with van der Waals surface area (Å²) in [6, 6.07) is 68.2. The zero-order valence-electron chi connectivity index (χ0n) is 30.7. The van der Waals surface area contributed by atoms with Gasteiger partial charge in [-0.15, -0.1) is 0 Å². The minimum atomic E-state index is 0.597. The second-order valence-corrected chi connectivity index (χ2v) is 14.6. The van der Waals surface area contributed by atoms with Gasteiger partial charge < -0.3 is 8.98 Å². The number of furan rings is 1. The zero-order chi connectivity index (χ0) is 37.5. The van der Waals surface area contributed by atoms with E-state index in [1.165, 1.54) is 21.8 Å². The predicted octanol–water partition coefficient (Wildman–Crippen LogP) is 13.6. The molecule has 12 aromatic rings. The molecule has 0 spiro atoms. The lowest BCUT2D eigenvalue weighted by molar-refractivity contribution is 0.673. The molecule has 12 rings (SSSR count). The Morgan fingerprint density at radius 1 is 0.386 bits per heavy atom. The van der Waals surface area contributed by atoms with Crippen LogP contribution in [0.4, 0.5) is 0 Å². The summed E-state index contributed by atoms with van der Waals surface area (Å²) in [6.45, 7) is 0. The highest BCUT2D eigenvalue weighted by Crippen LogP contribution is 2.45. The van der Waals surface area contributed by atoms with Crippen molar-refractivity contribution in [2.24, 2.45) is 0 Å². The lowest BCUT2D eigenvalue weighted by Gasteiger charge is -2.14. The maximum absolute atomic E-state index is 6.79. The van der Waals surface area contributed by atoms with E-state index in [9.17, 15) is 0 Å². The van der Waals surface area contributed by atoms with Crippen LogP contribution in [0.25, 0.3) is 111 Å². The molecule has 0 radical (unpaired) electrons. The summed E-state index contributed by atoms with van der Waals surface area (Å²) in [6.07, 6.45) is 0. The first-order valence-electron chi connectivity index (χ1n) is 19.3. The summed E-state index contributed by atoms with van der Waals surface area (Å²) in [5, 5.41) is 6.77. The number of nitrogens with zero attached hydrogens (tertiary/aromatic N) is 4. The molecule has 57 heavy (non-hydrogen) atoms. The van der Waals surface area contributed by atoms with Crippen molar-refractivity contribution in [3.8, 4) is 45.3 Å². The van der Waals surface area contributed by atoms with Gasteiger partial charge in [0.1, 0.15) is 11.2 Å². The molecular formula is C52H32N4O. The Hall–Kier alpha value is -7.76. The highest BCUT2D eigenvalue weighted by molar-refractivity contribution is 6.27. The number of aromatic nitrogens is 4. The smallest absolute Gasteiger partial charge is 0.235 e. The number of hydrogen-bond donors (Lipinski definition) is 0. The van der Waals surface area contributed by atoms with E-state index < -0.39 is 0 Å². The lowest BCUT2D eigenvalue weighted by Crippen LogP contribution is -2.04. The van der Waals surface area contributed by atoms with E-state index in [1.807, 2.05) is 18.2 Å². The van der Waals surface area contributed by atoms with Gasteiger partial charge in [-0.05, 0) is 54.1 Å². The third-order valence-corrected chi connectivity index (χ3v) is 11.3. The molecule has 0 saturated carbocycles. The molecule has 0 aliphatic rings. The second-order valence-electron chi connectivity index (χ2n) is 14.6. The van der Waals surface area contributed by atoms with Gasteiger partial charge in [-0.3, -0.25) is 4.57 Å². The van der Waals surface area contributed by atoms with E-state index in [4.69, 9.17) is 14.4 Å². The molecule has 0 atom stereocenters. The molecule has 4 aromatic heterocycles. The Bertz CT molecular complexity index is 3390. The van der Waals surface area contributed by atoms with Crippen LogP contribution in [-0.2, 0) is 0 Å². The van der Waals surface area contributed by atoms with Crippen LogP contribution in [0.15, 0.2) is 199 Å². The average Bonchev–Trinajstić information content (AvgIpc) is 3.95. The number of benzene rings is 8. The Morgan fingerprint density at radius 3 is 1.51 bits per heavy atom. The van der Waals surface area contributed by atoms with Gasteiger partial charge in [0.2, 0.25) is 5.95 Å². The molecule has 0 aliphatic carbocycles. The molecule has 0 bridgehead atoms. The normalized spacial score (nSPS) is 11.9. The van der Waals surface area contributed by atoms with E-state index in [2.05, 4.69) is 185 Å². The third kappa shape index (κ3) is 4.82. The van der Waals surface area contributed by atoms with Crippen LogP contribution in [0.3, 0.4) is 0 Å². The first-order chi connectivity index (χ1) is 28.3. The van der Waals surface area contributed by atoms with Crippen LogP contribution in [0.1, 0.15) is 0 Å². The van der Waals surface area contributed by atoms with Crippen LogP contribution < -0.4 is 0 Å². The van der Waals surface area contributed by atoms with Gasteiger partial charge in [0.05, 0.1) is 38.8 Å². The van der Waals surface area contributed by atoms with Gasteiger partial charge in [-0.1, -0.05) is 146 Å². The van der Waals surface area contributed by atoms with Crippen molar-refractivity contribution in [1.82, 2.24) is 19.1 Å². The van der Waals surface area contributed by atoms with Crippen molar-refractivity contribution in [2.75, 3.05) is 0 Å². The molecule has 0 fully saturated rings. The zero-order valence-corrected chi connectivity index (χ0v) is 30.7. The quantitative estimate of drug-likeness (QED) is 0.177. The minimum Gasteiger partial charge on any atom is -0.455 e. The van der Waals surface area contributed by atoms with Crippen molar-refractivity contribution in [3.63, 3.8) is 0 Å². The fourth-order valence-electron chi connectivity index (χ4n) is 8.80. The third-order valence-electron chi connectivity index (χ3n) is 11.3. The van der Waals surface area contributed by atoms with Crippen molar-refractivity contribution in [2.45, 2.75) is 0 Å². The topological polar surface area (TPSA) is 48.8 Å². The maximum Gasteiger partial charge on any atom is 0.235 e. The van der Waals surface area contributed by atoms with Gasteiger partial charge in [0.15, 0.2) is 0 Å². The predicted molar refractivity (Wildman–Crippen MR) is 234 cm³/mol. The fourth-order valence-corrected chi connectivity index (χ4v) is 8.80. The van der Waals surface area contributed by atoms with Crippen molar-refractivity contribution >= 4 is 65.6 Å². The van der Waals surface area contributed by atoms with E-state index in [0.717, 1.165) is 83.1 Å². The maximum atomic E-state index is 6.79. The Labute approximate surface area is 327 Å². The van der Waals surface area contributed by atoms with E-state index in [0.29, 0.717) is 5.95 Å². The molecular weight excluding hydrogens is 697 g/mol. The van der Waals surface area contributed by atoms with Crippen LogP contribution in [0, 0.1) is 0 Å². The average molecular weight is 729 g/mol. The summed E-state index contributed by atoms with van der Waals surface area (Å²) in [4.78, 5) is 10.7. The van der Waals surface area contributed by atoms with Crippen molar-refractivity contribution in [1.29, 1.82) is 0 Å². The van der Waals surface area contributed by atoms with Crippen LogP contribution in [0.2, 0.25) is 0 Å². The summed E-state index contributed by atoms with van der Waals surface area (Å²) >= 11 is 0. The Balaban J connectivity index is 1.17. The van der Waals surface area contributed by atoms with Gasteiger partial charge in [-0.2, -0.15) is 0 Å². The second kappa shape index (κ2) is 12.4. The van der Waals surface area contributed by atoms with Crippen LogP contribution in [0.5, 0.6) is 0 Å². The SMILES string of the molecule is c1ccc(-c2cc(-c3ccccc3)nc(-n3c4ccccc4c4c5oc6ccccc6c5cc(-c5ccc(-n6c7ccccc7c7ccccc76)cc5)c43)n2)cc1. The lowest BCUT2D eigenvalue weighted by atomic mass is 9.98.